The SMILES string of the molecule is CC(C)[C@@H]1CC[C@H](C)C[C@H]1OC(=O)Nc1ccc(S(=O)(=O)N(C)C)cc1. The number of hydrogen-bond donors (Lipinski definition) is 1. The highest BCUT2D eigenvalue weighted by molar-refractivity contribution is 7.89. The topological polar surface area (TPSA) is 75.7 Å². The van der Waals surface area contributed by atoms with E-state index in [1.807, 2.05) is 0 Å². The van der Waals surface area contributed by atoms with Crippen LogP contribution in [0.15, 0.2) is 29.2 Å². The van der Waals surface area contributed by atoms with Gasteiger partial charge in [-0.25, -0.2) is 17.5 Å². The van der Waals surface area contributed by atoms with Crippen molar-refractivity contribution < 1.29 is 17.9 Å². The normalized spacial score (nSPS) is 23.9. The molecule has 0 aromatic heterocycles. The van der Waals surface area contributed by atoms with E-state index in [0.29, 0.717) is 23.4 Å². The van der Waals surface area contributed by atoms with Crippen LogP contribution < -0.4 is 5.32 Å². The summed E-state index contributed by atoms with van der Waals surface area (Å²) >= 11 is 0. The van der Waals surface area contributed by atoms with Gasteiger partial charge in [-0.15, -0.1) is 0 Å². The lowest BCUT2D eigenvalue weighted by atomic mass is 9.75. The van der Waals surface area contributed by atoms with Crippen LogP contribution in [0.2, 0.25) is 0 Å². The number of ether oxygens (including phenoxy) is 1. The molecule has 0 radical (unpaired) electrons. The lowest BCUT2D eigenvalue weighted by Crippen LogP contribution is -2.36. The fourth-order valence-electron chi connectivity index (χ4n) is 3.46. The van der Waals surface area contributed by atoms with Crippen LogP contribution in [0.1, 0.15) is 40.0 Å². The number of nitrogens with one attached hydrogen (secondary N) is 1. The van der Waals surface area contributed by atoms with E-state index in [2.05, 4.69) is 26.1 Å². The standard InChI is InChI=1S/C19H30N2O4S/c1-13(2)17-11-6-14(3)12-18(17)25-19(22)20-15-7-9-16(10-8-15)26(23,24)21(4)5/h7-10,13-14,17-18H,6,11-12H2,1-5H3,(H,20,22)/t14-,17-,18+/m0/s1. The van der Waals surface area contributed by atoms with Crippen molar-refractivity contribution in [1.29, 1.82) is 0 Å². The summed E-state index contributed by atoms with van der Waals surface area (Å²) in [5, 5.41) is 2.70. The Hall–Kier alpha value is -1.60. The first-order valence-corrected chi connectivity index (χ1v) is 10.6. The Morgan fingerprint density at radius 3 is 2.35 bits per heavy atom. The second-order valence-electron chi connectivity index (χ2n) is 7.71. The number of amides is 1. The molecule has 7 heteroatoms. The molecule has 1 fully saturated rings. The van der Waals surface area contributed by atoms with E-state index >= 15 is 0 Å². The molecule has 146 valence electrons. The molecule has 1 N–H and O–H groups in total. The Labute approximate surface area is 157 Å². The maximum atomic E-state index is 12.3. The van der Waals surface area contributed by atoms with Gasteiger partial charge in [0.2, 0.25) is 10.0 Å². The minimum atomic E-state index is -3.48. The van der Waals surface area contributed by atoms with Gasteiger partial charge in [0.05, 0.1) is 4.90 Å². The van der Waals surface area contributed by atoms with Crippen molar-refractivity contribution in [3.8, 4) is 0 Å². The van der Waals surface area contributed by atoms with E-state index in [9.17, 15) is 13.2 Å². The molecule has 1 aromatic carbocycles. The second kappa shape index (κ2) is 8.39. The summed E-state index contributed by atoms with van der Waals surface area (Å²) < 4.78 is 31.0. The van der Waals surface area contributed by atoms with Gasteiger partial charge in [0.15, 0.2) is 0 Å². The van der Waals surface area contributed by atoms with Crippen molar-refractivity contribution in [3.05, 3.63) is 24.3 Å². The van der Waals surface area contributed by atoms with Gasteiger partial charge >= 0.3 is 6.09 Å². The highest BCUT2D eigenvalue weighted by Gasteiger charge is 2.33. The van der Waals surface area contributed by atoms with Gasteiger partial charge in [0, 0.05) is 19.8 Å². The van der Waals surface area contributed by atoms with Crippen LogP contribution in [0.5, 0.6) is 0 Å². The molecule has 0 heterocycles. The molecule has 0 spiro atoms. The number of carbonyl (C=O) groups is 1. The molecular formula is C19H30N2O4S. The number of hydrogen-bond acceptors (Lipinski definition) is 4. The van der Waals surface area contributed by atoms with Crippen LogP contribution in [0.3, 0.4) is 0 Å². The quantitative estimate of drug-likeness (QED) is 0.837. The number of carbonyl (C=O) groups excluding carboxylic acids is 1. The summed E-state index contributed by atoms with van der Waals surface area (Å²) in [6.07, 6.45) is 2.57. The average Bonchev–Trinajstić information content (AvgIpc) is 2.54. The molecule has 0 aliphatic heterocycles. The minimum absolute atomic E-state index is 0.0767. The van der Waals surface area contributed by atoms with Gasteiger partial charge in [-0.2, -0.15) is 0 Å². The maximum absolute atomic E-state index is 12.3. The van der Waals surface area contributed by atoms with Crippen molar-refractivity contribution in [1.82, 2.24) is 4.31 Å². The molecular weight excluding hydrogens is 352 g/mol. The Morgan fingerprint density at radius 1 is 1.19 bits per heavy atom. The average molecular weight is 383 g/mol. The predicted molar refractivity (Wildman–Crippen MR) is 103 cm³/mol. The summed E-state index contributed by atoms with van der Waals surface area (Å²) in [7, 11) is -0.516. The zero-order chi connectivity index (χ0) is 19.5. The van der Waals surface area contributed by atoms with Gasteiger partial charge in [0.1, 0.15) is 6.10 Å². The molecule has 1 aliphatic carbocycles. The van der Waals surface area contributed by atoms with Gasteiger partial charge in [0.25, 0.3) is 0 Å². The monoisotopic (exact) mass is 382 g/mol. The van der Waals surface area contributed by atoms with Crippen LogP contribution in [0, 0.1) is 17.8 Å². The smallest absolute Gasteiger partial charge is 0.411 e. The Kier molecular flexibility index (Phi) is 6.69. The summed E-state index contributed by atoms with van der Waals surface area (Å²) in [4.78, 5) is 12.5. The van der Waals surface area contributed by atoms with E-state index in [1.165, 1.54) is 32.6 Å². The molecule has 26 heavy (non-hydrogen) atoms. The largest absolute Gasteiger partial charge is 0.446 e. The molecule has 6 nitrogen and oxygen atoms in total. The minimum Gasteiger partial charge on any atom is -0.446 e. The first-order valence-electron chi connectivity index (χ1n) is 9.11. The maximum Gasteiger partial charge on any atom is 0.411 e. The van der Waals surface area contributed by atoms with Crippen LogP contribution in [0.25, 0.3) is 0 Å². The van der Waals surface area contributed by atoms with E-state index in [4.69, 9.17) is 4.74 Å². The van der Waals surface area contributed by atoms with Crippen molar-refractivity contribution >= 4 is 21.8 Å². The summed E-state index contributed by atoms with van der Waals surface area (Å²) in [6.45, 7) is 6.52. The van der Waals surface area contributed by atoms with E-state index < -0.39 is 16.1 Å². The van der Waals surface area contributed by atoms with Crippen LogP contribution in [-0.4, -0.2) is 39.0 Å². The zero-order valence-electron chi connectivity index (χ0n) is 16.2. The highest BCUT2D eigenvalue weighted by Crippen LogP contribution is 2.35. The Morgan fingerprint density at radius 2 is 1.81 bits per heavy atom. The molecule has 1 amide bonds. The van der Waals surface area contributed by atoms with Crippen molar-refractivity contribution in [3.63, 3.8) is 0 Å². The van der Waals surface area contributed by atoms with Gasteiger partial charge in [-0.3, -0.25) is 5.32 Å². The molecule has 1 saturated carbocycles. The lowest BCUT2D eigenvalue weighted by molar-refractivity contribution is 0.0126. The van der Waals surface area contributed by atoms with E-state index in [-0.39, 0.29) is 11.0 Å². The van der Waals surface area contributed by atoms with Crippen molar-refractivity contribution in [2.75, 3.05) is 19.4 Å². The number of sulfonamides is 1. The number of benzene rings is 1. The molecule has 0 bridgehead atoms. The molecule has 3 atom stereocenters. The van der Waals surface area contributed by atoms with Gasteiger partial charge < -0.3 is 4.74 Å². The molecule has 1 aromatic rings. The first-order chi connectivity index (χ1) is 12.1. The predicted octanol–water partition coefficient (Wildman–Crippen LogP) is 3.95. The Bertz CT molecular complexity index is 714. The summed E-state index contributed by atoms with van der Waals surface area (Å²) in [5.74, 6) is 1.40. The summed E-state index contributed by atoms with van der Waals surface area (Å²) in [6, 6.07) is 6.09. The third kappa shape index (κ3) is 4.98. The van der Waals surface area contributed by atoms with Crippen LogP contribution >= 0.6 is 0 Å². The molecule has 0 unspecified atom stereocenters. The van der Waals surface area contributed by atoms with Gasteiger partial charge in [-0.05, 0) is 54.9 Å². The summed E-state index contributed by atoms with van der Waals surface area (Å²) in [5.41, 5.74) is 0.512. The van der Waals surface area contributed by atoms with E-state index in [0.717, 1.165) is 17.1 Å². The molecule has 2 rings (SSSR count). The third-order valence-electron chi connectivity index (χ3n) is 5.10. The number of anilines is 1. The van der Waals surface area contributed by atoms with Gasteiger partial charge in [-0.1, -0.05) is 27.2 Å². The van der Waals surface area contributed by atoms with Crippen molar-refractivity contribution in [2.24, 2.45) is 17.8 Å². The highest BCUT2D eigenvalue weighted by atomic mass is 32.2. The second-order valence-corrected chi connectivity index (χ2v) is 9.86. The first kappa shape index (κ1) is 20.7. The molecule has 1 aliphatic rings. The molecule has 0 saturated heterocycles. The fourth-order valence-corrected chi connectivity index (χ4v) is 4.36. The zero-order valence-corrected chi connectivity index (χ0v) is 17.0. The lowest BCUT2D eigenvalue weighted by Gasteiger charge is -2.36. The van der Waals surface area contributed by atoms with Crippen LogP contribution in [-0.2, 0) is 14.8 Å². The third-order valence-corrected chi connectivity index (χ3v) is 6.93. The number of nitrogens with zero attached hydrogens (tertiary/aromatic N) is 1. The Balaban J connectivity index is 2.01. The fraction of sp³-hybridized carbons (Fsp3) is 0.632. The van der Waals surface area contributed by atoms with Crippen molar-refractivity contribution in [2.45, 2.75) is 51.0 Å². The number of rotatable bonds is 5. The van der Waals surface area contributed by atoms with E-state index in [1.54, 1.807) is 12.1 Å². The van der Waals surface area contributed by atoms with Crippen LogP contribution in [0.4, 0.5) is 10.5 Å².